The van der Waals surface area contributed by atoms with Gasteiger partial charge >= 0.3 is 5.97 Å². The van der Waals surface area contributed by atoms with E-state index in [1.54, 1.807) is 0 Å². The molecule has 0 atom stereocenters. The standard InChI is InChI=1S/C9H7ClF2INO2/c1-16-6(15)3-4-2-5(13)14-8(10)7(4)9(11)12/h2,9H,3H2,1H3. The lowest BCUT2D eigenvalue weighted by atomic mass is 10.1. The summed E-state index contributed by atoms with van der Waals surface area (Å²) >= 11 is 7.45. The van der Waals surface area contributed by atoms with E-state index >= 15 is 0 Å². The van der Waals surface area contributed by atoms with Crippen LogP contribution < -0.4 is 0 Å². The molecule has 0 fully saturated rings. The van der Waals surface area contributed by atoms with Gasteiger partial charge in [-0.3, -0.25) is 4.79 Å². The average Bonchev–Trinajstić information content (AvgIpc) is 2.15. The molecular weight excluding hydrogens is 354 g/mol. The van der Waals surface area contributed by atoms with Crippen LogP contribution in [-0.4, -0.2) is 18.1 Å². The molecule has 16 heavy (non-hydrogen) atoms. The molecule has 0 aliphatic heterocycles. The Morgan fingerprint density at radius 3 is 2.81 bits per heavy atom. The molecule has 0 aliphatic carbocycles. The van der Waals surface area contributed by atoms with Crippen molar-refractivity contribution in [1.29, 1.82) is 0 Å². The van der Waals surface area contributed by atoms with Crippen molar-refractivity contribution < 1.29 is 18.3 Å². The third-order valence-electron chi connectivity index (χ3n) is 1.85. The number of halogens is 4. The normalized spacial score (nSPS) is 10.6. The SMILES string of the molecule is COC(=O)Cc1cc(I)nc(Cl)c1C(F)F. The molecule has 0 bridgehead atoms. The summed E-state index contributed by atoms with van der Waals surface area (Å²) in [5, 5.41) is -0.277. The number of aromatic nitrogens is 1. The van der Waals surface area contributed by atoms with E-state index in [0.29, 0.717) is 3.70 Å². The Labute approximate surface area is 109 Å². The van der Waals surface area contributed by atoms with Crippen LogP contribution in [0.5, 0.6) is 0 Å². The molecule has 0 aromatic carbocycles. The second kappa shape index (κ2) is 5.72. The van der Waals surface area contributed by atoms with Gasteiger partial charge in [0.1, 0.15) is 8.85 Å². The van der Waals surface area contributed by atoms with Crippen molar-refractivity contribution in [3.8, 4) is 0 Å². The first-order chi connectivity index (χ1) is 7.45. The second-order valence-corrected chi connectivity index (χ2v) is 4.33. The monoisotopic (exact) mass is 361 g/mol. The van der Waals surface area contributed by atoms with Gasteiger partial charge in [0.2, 0.25) is 0 Å². The minimum Gasteiger partial charge on any atom is -0.469 e. The summed E-state index contributed by atoms with van der Waals surface area (Å²) in [4.78, 5) is 14.8. The third kappa shape index (κ3) is 3.24. The van der Waals surface area contributed by atoms with Gasteiger partial charge in [0.15, 0.2) is 0 Å². The number of ether oxygens (including phenoxy) is 1. The van der Waals surface area contributed by atoms with Crippen molar-refractivity contribution >= 4 is 40.2 Å². The molecule has 1 aromatic heterocycles. The molecule has 1 heterocycles. The van der Waals surface area contributed by atoms with E-state index in [1.165, 1.54) is 13.2 Å². The highest BCUT2D eigenvalue weighted by atomic mass is 127. The van der Waals surface area contributed by atoms with Gasteiger partial charge in [0, 0.05) is 0 Å². The molecule has 88 valence electrons. The number of esters is 1. The number of hydrogen-bond donors (Lipinski definition) is 0. The van der Waals surface area contributed by atoms with Crippen molar-refractivity contribution in [1.82, 2.24) is 4.98 Å². The van der Waals surface area contributed by atoms with Crippen molar-refractivity contribution in [3.63, 3.8) is 0 Å². The van der Waals surface area contributed by atoms with Gasteiger partial charge in [-0.25, -0.2) is 13.8 Å². The van der Waals surface area contributed by atoms with Crippen LogP contribution >= 0.6 is 34.2 Å². The van der Waals surface area contributed by atoms with Crippen LogP contribution in [0.1, 0.15) is 17.6 Å². The maximum atomic E-state index is 12.7. The maximum Gasteiger partial charge on any atom is 0.309 e. The highest BCUT2D eigenvalue weighted by Gasteiger charge is 2.21. The lowest BCUT2D eigenvalue weighted by Crippen LogP contribution is -2.09. The summed E-state index contributed by atoms with van der Waals surface area (Å²) in [7, 11) is 1.19. The molecule has 3 nitrogen and oxygen atoms in total. The van der Waals surface area contributed by atoms with E-state index in [9.17, 15) is 13.6 Å². The number of carbonyl (C=O) groups is 1. The number of nitrogens with zero attached hydrogens (tertiary/aromatic N) is 1. The van der Waals surface area contributed by atoms with E-state index in [1.807, 2.05) is 22.6 Å². The van der Waals surface area contributed by atoms with Gasteiger partial charge in [-0.1, -0.05) is 11.6 Å². The molecule has 0 saturated carbocycles. The molecule has 0 amide bonds. The number of hydrogen-bond acceptors (Lipinski definition) is 3. The minimum atomic E-state index is -2.77. The number of carbonyl (C=O) groups excluding carboxylic acids is 1. The summed E-state index contributed by atoms with van der Waals surface area (Å²) in [5.41, 5.74) is -0.265. The van der Waals surface area contributed by atoms with Gasteiger partial charge < -0.3 is 4.74 Å². The summed E-state index contributed by atoms with van der Waals surface area (Å²) in [6.45, 7) is 0. The number of methoxy groups -OCH3 is 1. The molecule has 1 rings (SSSR count). The Morgan fingerprint density at radius 1 is 1.69 bits per heavy atom. The number of rotatable bonds is 3. The van der Waals surface area contributed by atoms with Gasteiger partial charge in [0.25, 0.3) is 6.43 Å². The first-order valence-corrected chi connectivity index (χ1v) is 5.61. The molecule has 0 aliphatic rings. The van der Waals surface area contributed by atoms with Crippen LogP contribution in [0.25, 0.3) is 0 Å². The molecule has 0 saturated heterocycles. The largest absolute Gasteiger partial charge is 0.469 e. The zero-order valence-corrected chi connectivity index (χ0v) is 11.1. The lowest BCUT2D eigenvalue weighted by Gasteiger charge is -2.09. The lowest BCUT2D eigenvalue weighted by molar-refractivity contribution is -0.139. The molecule has 0 N–H and O–H groups in total. The summed E-state index contributed by atoms with van der Waals surface area (Å²) in [6.07, 6.45) is -3.01. The summed E-state index contributed by atoms with van der Waals surface area (Å²) < 4.78 is 30.3. The van der Waals surface area contributed by atoms with Gasteiger partial charge in [-0.2, -0.15) is 0 Å². The molecule has 0 radical (unpaired) electrons. The highest BCUT2D eigenvalue weighted by Crippen LogP contribution is 2.30. The second-order valence-electron chi connectivity index (χ2n) is 2.86. The Hall–Kier alpha value is -0.500. The van der Waals surface area contributed by atoms with Crippen LogP contribution in [-0.2, 0) is 16.0 Å². The Balaban J connectivity index is 3.18. The van der Waals surface area contributed by atoms with E-state index in [2.05, 4.69) is 9.72 Å². The van der Waals surface area contributed by atoms with Crippen molar-refractivity contribution in [2.45, 2.75) is 12.8 Å². The Bertz CT molecular complexity index is 415. The Kier molecular flexibility index (Phi) is 4.85. The first-order valence-electron chi connectivity index (χ1n) is 4.15. The Morgan fingerprint density at radius 2 is 2.31 bits per heavy atom. The minimum absolute atomic E-state index is 0.145. The van der Waals surface area contributed by atoms with Crippen LogP contribution in [0.4, 0.5) is 8.78 Å². The van der Waals surface area contributed by atoms with Crippen molar-refractivity contribution in [2.75, 3.05) is 7.11 Å². The molecule has 1 aromatic rings. The predicted molar refractivity (Wildman–Crippen MR) is 62.6 cm³/mol. The fourth-order valence-electron chi connectivity index (χ4n) is 1.14. The van der Waals surface area contributed by atoms with E-state index in [0.717, 1.165) is 0 Å². The smallest absolute Gasteiger partial charge is 0.309 e. The van der Waals surface area contributed by atoms with Crippen LogP contribution in [0.3, 0.4) is 0 Å². The predicted octanol–water partition coefficient (Wildman–Crippen LogP) is 2.99. The molecule has 0 spiro atoms. The zero-order valence-electron chi connectivity index (χ0n) is 8.14. The molecular formula is C9H7ClF2INO2. The van der Waals surface area contributed by atoms with Crippen LogP contribution in [0, 0.1) is 3.70 Å². The quantitative estimate of drug-likeness (QED) is 0.472. The van der Waals surface area contributed by atoms with E-state index in [-0.39, 0.29) is 17.1 Å². The van der Waals surface area contributed by atoms with E-state index < -0.39 is 18.0 Å². The molecule has 0 unspecified atom stereocenters. The van der Waals surface area contributed by atoms with Gasteiger partial charge in [-0.05, 0) is 34.2 Å². The third-order valence-corrected chi connectivity index (χ3v) is 2.69. The highest BCUT2D eigenvalue weighted by molar-refractivity contribution is 14.1. The molecule has 7 heteroatoms. The fraction of sp³-hybridized carbons (Fsp3) is 0.333. The first kappa shape index (κ1) is 13.6. The number of alkyl halides is 2. The van der Waals surface area contributed by atoms with E-state index in [4.69, 9.17) is 11.6 Å². The summed E-state index contributed by atoms with van der Waals surface area (Å²) in [6, 6.07) is 1.39. The maximum absolute atomic E-state index is 12.7. The van der Waals surface area contributed by atoms with Crippen molar-refractivity contribution in [2.24, 2.45) is 0 Å². The van der Waals surface area contributed by atoms with Crippen molar-refractivity contribution in [3.05, 3.63) is 26.0 Å². The van der Waals surface area contributed by atoms with Crippen LogP contribution in [0.2, 0.25) is 5.15 Å². The fourth-order valence-corrected chi connectivity index (χ4v) is 2.20. The zero-order chi connectivity index (χ0) is 12.3. The topological polar surface area (TPSA) is 39.2 Å². The van der Waals surface area contributed by atoms with Crippen LogP contribution in [0.15, 0.2) is 6.07 Å². The van der Waals surface area contributed by atoms with Gasteiger partial charge in [-0.15, -0.1) is 0 Å². The average molecular weight is 362 g/mol. The number of pyridine rings is 1. The summed E-state index contributed by atoms with van der Waals surface area (Å²) in [5.74, 6) is -0.597. The van der Waals surface area contributed by atoms with Gasteiger partial charge in [0.05, 0.1) is 19.1 Å².